The molecule has 1 atom stereocenters. The Labute approximate surface area is 119 Å². The van der Waals surface area contributed by atoms with Crippen molar-refractivity contribution in [2.45, 2.75) is 12.5 Å². The zero-order valence-electron chi connectivity index (χ0n) is 11.5. The quantitative estimate of drug-likeness (QED) is 0.589. The maximum Gasteiger partial charge on any atom is 0.193 e. The van der Waals surface area contributed by atoms with Crippen molar-refractivity contribution in [3.63, 3.8) is 0 Å². The van der Waals surface area contributed by atoms with Gasteiger partial charge in [0.15, 0.2) is 5.96 Å². The molecule has 0 aliphatic carbocycles. The fraction of sp³-hybridized carbons (Fsp3) is 0.188. The number of nitrogens with one attached hydrogen (secondary N) is 1. The van der Waals surface area contributed by atoms with Gasteiger partial charge in [-0.25, -0.2) is 4.99 Å². The van der Waals surface area contributed by atoms with Crippen LogP contribution in [-0.2, 0) is 5.60 Å². The first kappa shape index (κ1) is 14.1. The monoisotopic (exact) mass is 269 g/mol. The van der Waals surface area contributed by atoms with E-state index in [4.69, 9.17) is 5.73 Å². The second kappa shape index (κ2) is 6.21. The van der Waals surface area contributed by atoms with Crippen LogP contribution in [0.5, 0.6) is 0 Å². The summed E-state index contributed by atoms with van der Waals surface area (Å²) < 4.78 is 0. The Bertz CT molecular complexity index is 565. The highest BCUT2D eigenvalue weighted by molar-refractivity contribution is 5.92. The summed E-state index contributed by atoms with van der Waals surface area (Å²) in [5.41, 5.74) is 6.47. The molecule has 0 saturated carbocycles. The smallest absolute Gasteiger partial charge is 0.193 e. The van der Waals surface area contributed by atoms with Gasteiger partial charge in [0.05, 0.1) is 6.54 Å². The number of benzene rings is 2. The van der Waals surface area contributed by atoms with Gasteiger partial charge in [0.25, 0.3) is 0 Å². The molecule has 0 saturated heterocycles. The molecule has 4 nitrogen and oxygen atoms in total. The molecule has 0 fully saturated rings. The molecule has 2 aromatic rings. The van der Waals surface area contributed by atoms with E-state index in [-0.39, 0.29) is 12.5 Å². The van der Waals surface area contributed by atoms with Crippen LogP contribution >= 0.6 is 0 Å². The second-order valence-electron chi connectivity index (χ2n) is 4.83. The minimum absolute atomic E-state index is 0.197. The molecular formula is C16H19N3O. The van der Waals surface area contributed by atoms with Gasteiger partial charge in [0.2, 0.25) is 0 Å². The fourth-order valence-corrected chi connectivity index (χ4v) is 1.84. The van der Waals surface area contributed by atoms with E-state index < -0.39 is 5.60 Å². The number of aliphatic imine (C=N–C) groups is 1. The molecule has 104 valence electrons. The Kier molecular flexibility index (Phi) is 4.38. The van der Waals surface area contributed by atoms with Crippen molar-refractivity contribution in [2.75, 3.05) is 11.9 Å². The van der Waals surface area contributed by atoms with Crippen LogP contribution in [0.1, 0.15) is 12.5 Å². The van der Waals surface area contributed by atoms with Crippen molar-refractivity contribution < 1.29 is 5.11 Å². The Balaban J connectivity index is 2.01. The lowest BCUT2D eigenvalue weighted by Gasteiger charge is -2.21. The minimum Gasteiger partial charge on any atom is -0.384 e. The Morgan fingerprint density at radius 3 is 2.25 bits per heavy atom. The number of nitrogens with zero attached hydrogens (tertiary/aromatic N) is 1. The molecule has 0 aliphatic rings. The van der Waals surface area contributed by atoms with Crippen molar-refractivity contribution in [3.05, 3.63) is 66.2 Å². The summed E-state index contributed by atoms with van der Waals surface area (Å²) in [7, 11) is 0. The zero-order valence-corrected chi connectivity index (χ0v) is 11.5. The molecule has 2 aromatic carbocycles. The van der Waals surface area contributed by atoms with E-state index in [9.17, 15) is 5.11 Å². The lowest BCUT2D eigenvalue weighted by Crippen LogP contribution is -2.29. The van der Waals surface area contributed by atoms with E-state index in [1.807, 2.05) is 60.7 Å². The number of guanidine groups is 1. The van der Waals surface area contributed by atoms with Gasteiger partial charge in [0.1, 0.15) is 5.60 Å². The normalized spacial score (nSPS) is 14.6. The third-order valence-corrected chi connectivity index (χ3v) is 3.00. The van der Waals surface area contributed by atoms with Gasteiger partial charge in [-0.05, 0) is 24.6 Å². The van der Waals surface area contributed by atoms with E-state index in [1.54, 1.807) is 6.92 Å². The van der Waals surface area contributed by atoms with Crippen LogP contribution in [-0.4, -0.2) is 17.6 Å². The molecule has 2 rings (SSSR count). The molecule has 0 bridgehead atoms. The van der Waals surface area contributed by atoms with E-state index in [0.717, 1.165) is 11.3 Å². The SMILES string of the molecule is CC(O)(CN=C(N)Nc1ccccc1)c1ccccc1. The lowest BCUT2D eigenvalue weighted by molar-refractivity contribution is 0.0674. The number of rotatable bonds is 4. The van der Waals surface area contributed by atoms with Crippen LogP contribution in [0.2, 0.25) is 0 Å². The van der Waals surface area contributed by atoms with Crippen LogP contribution in [0.4, 0.5) is 5.69 Å². The van der Waals surface area contributed by atoms with Crippen molar-refractivity contribution in [1.82, 2.24) is 0 Å². The highest BCUT2D eigenvalue weighted by atomic mass is 16.3. The molecule has 0 heterocycles. The first-order valence-electron chi connectivity index (χ1n) is 6.48. The van der Waals surface area contributed by atoms with Crippen LogP contribution < -0.4 is 11.1 Å². The summed E-state index contributed by atoms with van der Waals surface area (Å²) >= 11 is 0. The number of para-hydroxylation sites is 1. The predicted molar refractivity (Wildman–Crippen MR) is 82.6 cm³/mol. The van der Waals surface area contributed by atoms with E-state index in [2.05, 4.69) is 10.3 Å². The molecule has 0 amide bonds. The summed E-state index contributed by atoms with van der Waals surface area (Å²) in [5, 5.41) is 13.4. The maximum absolute atomic E-state index is 10.4. The number of aliphatic hydroxyl groups is 1. The minimum atomic E-state index is -1.04. The van der Waals surface area contributed by atoms with E-state index >= 15 is 0 Å². The molecule has 1 unspecified atom stereocenters. The van der Waals surface area contributed by atoms with Gasteiger partial charge >= 0.3 is 0 Å². The molecule has 4 heteroatoms. The average molecular weight is 269 g/mol. The fourth-order valence-electron chi connectivity index (χ4n) is 1.84. The Morgan fingerprint density at radius 2 is 1.65 bits per heavy atom. The van der Waals surface area contributed by atoms with Gasteiger partial charge < -0.3 is 16.2 Å². The predicted octanol–water partition coefficient (Wildman–Crippen LogP) is 2.32. The summed E-state index contributed by atoms with van der Waals surface area (Å²) in [6.07, 6.45) is 0. The van der Waals surface area contributed by atoms with Gasteiger partial charge in [-0.1, -0.05) is 48.5 Å². The van der Waals surface area contributed by atoms with Gasteiger partial charge in [-0.3, -0.25) is 0 Å². The van der Waals surface area contributed by atoms with Crippen molar-refractivity contribution in [3.8, 4) is 0 Å². The lowest BCUT2D eigenvalue weighted by atomic mass is 9.96. The van der Waals surface area contributed by atoms with Crippen molar-refractivity contribution >= 4 is 11.6 Å². The molecule has 0 aromatic heterocycles. The average Bonchev–Trinajstić information content (AvgIpc) is 2.47. The third kappa shape index (κ3) is 3.83. The van der Waals surface area contributed by atoms with Gasteiger partial charge in [-0.15, -0.1) is 0 Å². The third-order valence-electron chi connectivity index (χ3n) is 3.00. The summed E-state index contributed by atoms with van der Waals surface area (Å²) in [6.45, 7) is 1.92. The van der Waals surface area contributed by atoms with Crippen LogP contribution in [0.3, 0.4) is 0 Å². The Hall–Kier alpha value is -2.33. The van der Waals surface area contributed by atoms with Gasteiger partial charge in [-0.2, -0.15) is 0 Å². The van der Waals surface area contributed by atoms with Crippen molar-refractivity contribution in [1.29, 1.82) is 0 Å². The largest absolute Gasteiger partial charge is 0.384 e. The van der Waals surface area contributed by atoms with Crippen LogP contribution in [0.15, 0.2) is 65.7 Å². The van der Waals surface area contributed by atoms with E-state index in [0.29, 0.717) is 0 Å². The molecular weight excluding hydrogens is 250 g/mol. The maximum atomic E-state index is 10.4. The Morgan fingerprint density at radius 1 is 1.10 bits per heavy atom. The molecule has 0 spiro atoms. The number of nitrogens with two attached hydrogens (primary N) is 1. The number of hydrogen-bond donors (Lipinski definition) is 3. The number of hydrogen-bond acceptors (Lipinski definition) is 2. The summed E-state index contributed by atoms with van der Waals surface area (Å²) in [5.74, 6) is 0.285. The highest BCUT2D eigenvalue weighted by Crippen LogP contribution is 2.20. The molecule has 4 N–H and O–H groups in total. The van der Waals surface area contributed by atoms with Crippen LogP contribution in [0, 0.1) is 0 Å². The number of anilines is 1. The van der Waals surface area contributed by atoms with Crippen LogP contribution in [0.25, 0.3) is 0 Å². The van der Waals surface area contributed by atoms with Gasteiger partial charge in [0, 0.05) is 5.69 Å². The standard InChI is InChI=1S/C16H19N3O/c1-16(20,13-8-4-2-5-9-13)12-18-15(17)19-14-10-6-3-7-11-14/h2-11,20H,12H2,1H3,(H3,17,18,19). The first-order valence-corrected chi connectivity index (χ1v) is 6.48. The molecule has 20 heavy (non-hydrogen) atoms. The van der Waals surface area contributed by atoms with E-state index in [1.165, 1.54) is 0 Å². The summed E-state index contributed by atoms with van der Waals surface area (Å²) in [6, 6.07) is 19.0. The zero-order chi connectivity index (χ0) is 14.4. The summed E-state index contributed by atoms with van der Waals surface area (Å²) in [4.78, 5) is 4.20. The topological polar surface area (TPSA) is 70.6 Å². The molecule has 0 aliphatic heterocycles. The molecule has 0 radical (unpaired) electrons. The second-order valence-corrected chi connectivity index (χ2v) is 4.83. The highest BCUT2D eigenvalue weighted by Gasteiger charge is 2.22. The first-order chi connectivity index (χ1) is 9.58. The van der Waals surface area contributed by atoms with Crippen molar-refractivity contribution in [2.24, 2.45) is 10.7 Å².